The number of nitrogens with zero attached hydrogens (tertiary/aromatic N) is 3. The van der Waals surface area contributed by atoms with Gasteiger partial charge < -0.3 is 9.88 Å². The summed E-state index contributed by atoms with van der Waals surface area (Å²) in [6.45, 7) is 2.98. The lowest BCUT2D eigenvalue weighted by molar-refractivity contribution is 0.575. The minimum atomic E-state index is 0.110. The monoisotopic (exact) mass is 216 g/mol. The number of rotatable bonds is 4. The quantitative estimate of drug-likeness (QED) is 0.842. The SMILES string of the molecule is CCNC(c1cccnc1)c1nccn1C. The van der Waals surface area contributed by atoms with E-state index in [9.17, 15) is 0 Å². The molecular weight excluding hydrogens is 200 g/mol. The molecule has 84 valence electrons. The molecule has 4 heteroatoms. The van der Waals surface area contributed by atoms with Gasteiger partial charge in [-0.2, -0.15) is 0 Å². The highest BCUT2D eigenvalue weighted by Crippen LogP contribution is 2.18. The van der Waals surface area contributed by atoms with E-state index in [1.54, 1.807) is 6.20 Å². The lowest BCUT2D eigenvalue weighted by Crippen LogP contribution is -2.24. The zero-order valence-corrected chi connectivity index (χ0v) is 9.59. The molecule has 0 radical (unpaired) electrons. The normalized spacial score (nSPS) is 12.6. The number of hydrogen-bond acceptors (Lipinski definition) is 3. The van der Waals surface area contributed by atoms with Crippen molar-refractivity contribution in [1.29, 1.82) is 0 Å². The molecule has 0 saturated carbocycles. The third kappa shape index (κ3) is 2.12. The van der Waals surface area contributed by atoms with Crippen molar-refractivity contribution in [2.24, 2.45) is 7.05 Å². The highest BCUT2D eigenvalue weighted by Gasteiger charge is 2.16. The van der Waals surface area contributed by atoms with E-state index in [4.69, 9.17) is 0 Å². The summed E-state index contributed by atoms with van der Waals surface area (Å²) in [5, 5.41) is 3.42. The molecule has 0 saturated heterocycles. The van der Waals surface area contributed by atoms with Gasteiger partial charge in [0, 0.05) is 31.8 Å². The van der Waals surface area contributed by atoms with Crippen molar-refractivity contribution < 1.29 is 0 Å². The summed E-state index contributed by atoms with van der Waals surface area (Å²) in [6, 6.07) is 4.12. The fourth-order valence-electron chi connectivity index (χ4n) is 1.76. The maximum atomic E-state index is 4.38. The number of nitrogens with one attached hydrogen (secondary N) is 1. The molecule has 16 heavy (non-hydrogen) atoms. The molecule has 2 rings (SSSR count). The van der Waals surface area contributed by atoms with E-state index in [2.05, 4.69) is 28.3 Å². The molecule has 0 fully saturated rings. The van der Waals surface area contributed by atoms with Crippen LogP contribution in [0.3, 0.4) is 0 Å². The summed E-state index contributed by atoms with van der Waals surface area (Å²) >= 11 is 0. The highest BCUT2D eigenvalue weighted by atomic mass is 15.1. The first-order valence-electron chi connectivity index (χ1n) is 5.43. The molecule has 2 heterocycles. The Morgan fingerprint density at radius 2 is 2.31 bits per heavy atom. The number of imidazole rings is 1. The summed E-state index contributed by atoms with van der Waals surface area (Å²) in [6.07, 6.45) is 7.43. The molecule has 1 unspecified atom stereocenters. The highest BCUT2D eigenvalue weighted by molar-refractivity contribution is 5.21. The summed E-state index contributed by atoms with van der Waals surface area (Å²) < 4.78 is 2.03. The molecule has 1 N–H and O–H groups in total. The van der Waals surface area contributed by atoms with E-state index in [0.717, 1.165) is 17.9 Å². The minimum absolute atomic E-state index is 0.110. The van der Waals surface area contributed by atoms with Crippen LogP contribution in [-0.4, -0.2) is 21.1 Å². The number of aromatic nitrogens is 3. The van der Waals surface area contributed by atoms with Gasteiger partial charge in [0.1, 0.15) is 5.82 Å². The Morgan fingerprint density at radius 3 is 2.88 bits per heavy atom. The molecule has 0 aliphatic rings. The smallest absolute Gasteiger partial charge is 0.130 e. The molecule has 0 amide bonds. The molecule has 0 spiro atoms. The maximum absolute atomic E-state index is 4.38. The van der Waals surface area contributed by atoms with Crippen LogP contribution in [0.4, 0.5) is 0 Å². The first-order valence-corrected chi connectivity index (χ1v) is 5.43. The van der Waals surface area contributed by atoms with Crippen LogP contribution >= 0.6 is 0 Å². The largest absolute Gasteiger partial charge is 0.336 e. The first-order chi connectivity index (χ1) is 7.83. The van der Waals surface area contributed by atoms with Gasteiger partial charge in [0.05, 0.1) is 6.04 Å². The van der Waals surface area contributed by atoms with E-state index in [1.165, 1.54) is 0 Å². The second kappa shape index (κ2) is 4.90. The van der Waals surface area contributed by atoms with Gasteiger partial charge in [0.2, 0.25) is 0 Å². The Balaban J connectivity index is 2.35. The average Bonchev–Trinajstić information content (AvgIpc) is 2.73. The van der Waals surface area contributed by atoms with Crippen LogP contribution < -0.4 is 5.32 Å². The van der Waals surface area contributed by atoms with Gasteiger partial charge in [-0.15, -0.1) is 0 Å². The van der Waals surface area contributed by atoms with Crippen LogP contribution in [-0.2, 0) is 7.05 Å². The van der Waals surface area contributed by atoms with Crippen molar-refractivity contribution in [3.63, 3.8) is 0 Å². The summed E-state index contributed by atoms with van der Waals surface area (Å²) in [5.41, 5.74) is 1.14. The van der Waals surface area contributed by atoms with Gasteiger partial charge in [-0.05, 0) is 18.2 Å². The second-order valence-corrected chi connectivity index (χ2v) is 3.67. The molecule has 0 aliphatic heterocycles. The van der Waals surface area contributed by atoms with E-state index in [-0.39, 0.29) is 6.04 Å². The molecule has 1 atom stereocenters. The summed E-state index contributed by atoms with van der Waals surface area (Å²) in [4.78, 5) is 8.53. The predicted molar refractivity (Wildman–Crippen MR) is 63.0 cm³/mol. The van der Waals surface area contributed by atoms with Gasteiger partial charge in [0.15, 0.2) is 0 Å². The van der Waals surface area contributed by atoms with E-state index < -0.39 is 0 Å². The van der Waals surface area contributed by atoms with E-state index in [0.29, 0.717) is 0 Å². The number of hydrogen-bond donors (Lipinski definition) is 1. The van der Waals surface area contributed by atoms with Crippen molar-refractivity contribution in [3.05, 3.63) is 48.3 Å². The molecule has 2 aromatic rings. The van der Waals surface area contributed by atoms with Crippen LogP contribution in [0.15, 0.2) is 36.9 Å². The Morgan fingerprint density at radius 1 is 1.44 bits per heavy atom. The van der Waals surface area contributed by atoms with E-state index in [1.807, 2.05) is 36.3 Å². The van der Waals surface area contributed by atoms with Crippen molar-refractivity contribution in [2.75, 3.05) is 6.54 Å². The van der Waals surface area contributed by atoms with Gasteiger partial charge in [0.25, 0.3) is 0 Å². The summed E-state index contributed by atoms with van der Waals surface area (Å²) in [5.74, 6) is 1.01. The molecule has 0 aliphatic carbocycles. The number of aryl methyl sites for hydroxylation is 1. The van der Waals surface area contributed by atoms with Crippen LogP contribution in [0.1, 0.15) is 24.4 Å². The lowest BCUT2D eigenvalue weighted by atomic mass is 10.1. The van der Waals surface area contributed by atoms with Gasteiger partial charge >= 0.3 is 0 Å². The third-order valence-corrected chi connectivity index (χ3v) is 2.54. The molecular formula is C12H16N4. The van der Waals surface area contributed by atoms with Crippen molar-refractivity contribution in [3.8, 4) is 0 Å². The molecule has 0 bridgehead atoms. The topological polar surface area (TPSA) is 42.7 Å². The number of pyridine rings is 1. The first kappa shape index (κ1) is 10.8. The van der Waals surface area contributed by atoms with Crippen molar-refractivity contribution >= 4 is 0 Å². The Kier molecular flexibility index (Phi) is 3.31. The Bertz CT molecular complexity index is 435. The second-order valence-electron chi connectivity index (χ2n) is 3.67. The maximum Gasteiger partial charge on any atom is 0.130 e. The van der Waals surface area contributed by atoms with Gasteiger partial charge in [-0.25, -0.2) is 4.98 Å². The standard InChI is InChI=1S/C12H16N4/c1-3-14-11(10-5-4-6-13-9-10)12-15-7-8-16(12)2/h4-9,11,14H,3H2,1-2H3. The van der Waals surface area contributed by atoms with Crippen LogP contribution in [0.5, 0.6) is 0 Å². The summed E-state index contributed by atoms with van der Waals surface area (Å²) in [7, 11) is 2.00. The van der Waals surface area contributed by atoms with Crippen LogP contribution in [0, 0.1) is 0 Å². The fourth-order valence-corrected chi connectivity index (χ4v) is 1.76. The Labute approximate surface area is 95.4 Å². The van der Waals surface area contributed by atoms with Crippen molar-refractivity contribution in [1.82, 2.24) is 19.9 Å². The Hall–Kier alpha value is -1.68. The van der Waals surface area contributed by atoms with Gasteiger partial charge in [-0.1, -0.05) is 13.0 Å². The molecule has 2 aromatic heterocycles. The molecule has 4 nitrogen and oxygen atoms in total. The third-order valence-electron chi connectivity index (χ3n) is 2.54. The zero-order chi connectivity index (χ0) is 11.4. The van der Waals surface area contributed by atoms with E-state index >= 15 is 0 Å². The average molecular weight is 216 g/mol. The minimum Gasteiger partial charge on any atom is -0.336 e. The van der Waals surface area contributed by atoms with Crippen molar-refractivity contribution in [2.45, 2.75) is 13.0 Å². The molecule has 0 aromatic carbocycles. The zero-order valence-electron chi connectivity index (χ0n) is 9.59. The fraction of sp³-hybridized carbons (Fsp3) is 0.333. The van der Waals surface area contributed by atoms with Crippen LogP contribution in [0.25, 0.3) is 0 Å². The van der Waals surface area contributed by atoms with Crippen LogP contribution in [0.2, 0.25) is 0 Å². The van der Waals surface area contributed by atoms with Gasteiger partial charge in [-0.3, -0.25) is 4.98 Å². The predicted octanol–water partition coefficient (Wildman–Crippen LogP) is 1.51. The lowest BCUT2D eigenvalue weighted by Gasteiger charge is -2.17.